The molecule has 102 valence electrons. The Morgan fingerprint density at radius 3 is 2.22 bits per heavy atom. The van der Waals surface area contributed by atoms with Gasteiger partial charge in [-0.15, -0.1) is 0 Å². The highest BCUT2D eigenvalue weighted by Crippen LogP contribution is 2.15. The van der Waals surface area contributed by atoms with Crippen LogP contribution in [0.5, 0.6) is 0 Å². The molecule has 1 aromatic heterocycles. The van der Waals surface area contributed by atoms with Crippen LogP contribution in [0.3, 0.4) is 0 Å². The Labute approximate surface area is 110 Å². The molecule has 0 bridgehead atoms. The van der Waals surface area contributed by atoms with E-state index >= 15 is 0 Å². The Bertz CT molecular complexity index is 405. The lowest BCUT2D eigenvalue weighted by Gasteiger charge is -2.17. The summed E-state index contributed by atoms with van der Waals surface area (Å²) in [5, 5.41) is 2.97. The second-order valence-corrected chi connectivity index (χ2v) is 4.66. The molecule has 0 aliphatic heterocycles. The summed E-state index contributed by atoms with van der Waals surface area (Å²) in [6, 6.07) is 0. The summed E-state index contributed by atoms with van der Waals surface area (Å²) in [4.78, 5) is 17.5. The summed E-state index contributed by atoms with van der Waals surface area (Å²) < 4.78 is 0. The number of aromatic nitrogens is 1. The normalized spacial score (nSPS) is 11.0. The zero-order valence-corrected chi connectivity index (χ0v) is 12.2. The first-order chi connectivity index (χ1) is 8.51. The van der Waals surface area contributed by atoms with E-state index in [1.54, 1.807) is 0 Å². The van der Waals surface area contributed by atoms with Crippen molar-refractivity contribution in [2.24, 2.45) is 0 Å². The van der Waals surface area contributed by atoms with Crippen molar-refractivity contribution >= 4 is 5.91 Å². The van der Waals surface area contributed by atoms with E-state index < -0.39 is 0 Å². The Morgan fingerprint density at radius 2 is 1.78 bits per heavy atom. The van der Waals surface area contributed by atoms with Crippen molar-refractivity contribution < 1.29 is 4.79 Å². The lowest BCUT2D eigenvalue weighted by atomic mass is 10.1. The van der Waals surface area contributed by atoms with Gasteiger partial charge in [0.15, 0.2) is 0 Å². The minimum atomic E-state index is -0.00384. The van der Waals surface area contributed by atoms with Gasteiger partial charge in [-0.2, -0.15) is 0 Å². The maximum absolute atomic E-state index is 12.0. The average Bonchev–Trinajstić information content (AvgIpc) is 2.62. The van der Waals surface area contributed by atoms with Crippen molar-refractivity contribution in [1.82, 2.24) is 15.2 Å². The number of nitrogens with zero attached hydrogens (tertiary/aromatic N) is 1. The van der Waals surface area contributed by atoms with Gasteiger partial charge in [-0.05, 0) is 45.0 Å². The van der Waals surface area contributed by atoms with Gasteiger partial charge in [0.2, 0.25) is 0 Å². The first-order valence-electron chi connectivity index (χ1n) is 6.67. The van der Waals surface area contributed by atoms with Gasteiger partial charge in [-0.3, -0.25) is 4.79 Å². The van der Waals surface area contributed by atoms with Crippen LogP contribution < -0.4 is 5.32 Å². The molecule has 0 unspecified atom stereocenters. The summed E-state index contributed by atoms with van der Waals surface area (Å²) in [7, 11) is 0. The van der Waals surface area contributed by atoms with Gasteiger partial charge < -0.3 is 15.2 Å². The van der Waals surface area contributed by atoms with Crippen molar-refractivity contribution in [2.45, 2.75) is 34.6 Å². The van der Waals surface area contributed by atoms with Crippen molar-refractivity contribution in [3.05, 3.63) is 22.5 Å². The van der Waals surface area contributed by atoms with Crippen molar-refractivity contribution in [2.75, 3.05) is 26.2 Å². The monoisotopic (exact) mass is 251 g/mol. The summed E-state index contributed by atoms with van der Waals surface area (Å²) in [6.45, 7) is 13.9. The molecule has 0 aromatic carbocycles. The lowest BCUT2D eigenvalue weighted by Crippen LogP contribution is -2.35. The molecule has 4 heteroatoms. The van der Waals surface area contributed by atoms with Crippen LogP contribution in [-0.4, -0.2) is 42.0 Å². The van der Waals surface area contributed by atoms with E-state index in [2.05, 4.69) is 29.0 Å². The summed E-state index contributed by atoms with van der Waals surface area (Å²) in [5.41, 5.74) is 3.99. The Morgan fingerprint density at radius 1 is 1.17 bits per heavy atom. The number of nitrogens with one attached hydrogen (secondary N) is 2. The molecule has 18 heavy (non-hydrogen) atoms. The molecule has 0 spiro atoms. The third-order valence-electron chi connectivity index (χ3n) is 3.65. The fraction of sp³-hybridized carbons (Fsp3) is 0.643. The van der Waals surface area contributed by atoms with Crippen LogP contribution in [0.2, 0.25) is 0 Å². The maximum atomic E-state index is 12.0. The van der Waals surface area contributed by atoms with Gasteiger partial charge in [0, 0.05) is 18.8 Å². The molecular weight excluding hydrogens is 226 g/mol. The van der Waals surface area contributed by atoms with Crippen LogP contribution in [0.15, 0.2) is 0 Å². The number of rotatable bonds is 6. The van der Waals surface area contributed by atoms with E-state index in [0.29, 0.717) is 12.2 Å². The van der Waals surface area contributed by atoms with E-state index in [0.717, 1.165) is 30.9 Å². The number of carbonyl (C=O) groups excluding carboxylic acids is 1. The molecule has 1 rings (SSSR count). The minimum Gasteiger partial charge on any atom is -0.354 e. The summed E-state index contributed by atoms with van der Waals surface area (Å²) >= 11 is 0. The van der Waals surface area contributed by atoms with Crippen LogP contribution in [0.25, 0.3) is 0 Å². The third-order valence-corrected chi connectivity index (χ3v) is 3.65. The van der Waals surface area contributed by atoms with Crippen LogP contribution in [0.4, 0.5) is 0 Å². The van der Waals surface area contributed by atoms with Crippen LogP contribution in [-0.2, 0) is 0 Å². The zero-order chi connectivity index (χ0) is 13.7. The second kappa shape index (κ2) is 6.59. The minimum absolute atomic E-state index is 0.00384. The van der Waals surface area contributed by atoms with E-state index in [1.807, 2.05) is 20.8 Å². The Hall–Kier alpha value is -1.29. The fourth-order valence-corrected chi connectivity index (χ4v) is 2.03. The molecule has 0 aliphatic rings. The highest BCUT2D eigenvalue weighted by molar-refractivity contribution is 5.94. The topological polar surface area (TPSA) is 48.1 Å². The van der Waals surface area contributed by atoms with Crippen molar-refractivity contribution in [3.63, 3.8) is 0 Å². The molecule has 0 saturated heterocycles. The predicted molar refractivity (Wildman–Crippen MR) is 75.1 cm³/mol. The van der Waals surface area contributed by atoms with Gasteiger partial charge in [-0.25, -0.2) is 0 Å². The quantitative estimate of drug-likeness (QED) is 0.812. The summed E-state index contributed by atoms with van der Waals surface area (Å²) in [5.74, 6) is -0.00384. The highest BCUT2D eigenvalue weighted by atomic mass is 16.1. The molecule has 1 heterocycles. The standard InChI is InChI=1S/C14H25N3O/c1-6-17(7-2)9-8-15-14(18)13-11(4)10(3)12(5)16-13/h16H,6-9H2,1-5H3,(H,15,18). The molecule has 4 nitrogen and oxygen atoms in total. The number of aromatic amines is 1. The molecule has 1 amide bonds. The first kappa shape index (κ1) is 14.8. The van der Waals surface area contributed by atoms with Crippen LogP contribution >= 0.6 is 0 Å². The van der Waals surface area contributed by atoms with Gasteiger partial charge in [0.25, 0.3) is 5.91 Å². The highest BCUT2D eigenvalue weighted by Gasteiger charge is 2.14. The molecule has 0 saturated carbocycles. The number of hydrogen-bond acceptors (Lipinski definition) is 2. The predicted octanol–water partition coefficient (Wildman–Crippen LogP) is 2.01. The summed E-state index contributed by atoms with van der Waals surface area (Å²) in [6.07, 6.45) is 0. The van der Waals surface area contributed by atoms with Gasteiger partial charge in [0.05, 0.1) is 0 Å². The van der Waals surface area contributed by atoms with Crippen LogP contribution in [0, 0.1) is 20.8 Å². The molecular formula is C14H25N3O. The number of hydrogen-bond donors (Lipinski definition) is 2. The number of amides is 1. The van der Waals surface area contributed by atoms with E-state index in [4.69, 9.17) is 0 Å². The largest absolute Gasteiger partial charge is 0.354 e. The average molecular weight is 251 g/mol. The Kier molecular flexibility index (Phi) is 5.41. The lowest BCUT2D eigenvalue weighted by molar-refractivity contribution is 0.0944. The Balaban J connectivity index is 2.53. The van der Waals surface area contributed by atoms with Crippen molar-refractivity contribution in [3.8, 4) is 0 Å². The number of aryl methyl sites for hydroxylation is 1. The zero-order valence-electron chi connectivity index (χ0n) is 12.2. The molecule has 0 atom stereocenters. The third kappa shape index (κ3) is 3.35. The number of carbonyl (C=O) groups is 1. The van der Waals surface area contributed by atoms with Gasteiger partial charge in [0.1, 0.15) is 5.69 Å². The molecule has 0 aliphatic carbocycles. The second-order valence-electron chi connectivity index (χ2n) is 4.66. The molecule has 0 radical (unpaired) electrons. The number of likely N-dealkylation sites (N-methyl/N-ethyl adjacent to an activating group) is 1. The number of H-pyrrole nitrogens is 1. The maximum Gasteiger partial charge on any atom is 0.268 e. The SMILES string of the molecule is CCN(CC)CCNC(=O)c1[nH]c(C)c(C)c1C. The fourth-order valence-electron chi connectivity index (χ4n) is 2.03. The first-order valence-corrected chi connectivity index (χ1v) is 6.67. The van der Waals surface area contributed by atoms with Crippen molar-refractivity contribution in [1.29, 1.82) is 0 Å². The van der Waals surface area contributed by atoms with E-state index in [1.165, 1.54) is 5.56 Å². The van der Waals surface area contributed by atoms with E-state index in [-0.39, 0.29) is 5.91 Å². The van der Waals surface area contributed by atoms with Gasteiger partial charge in [-0.1, -0.05) is 13.8 Å². The van der Waals surface area contributed by atoms with E-state index in [9.17, 15) is 4.79 Å². The molecule has 0 fully saturated rings. The molecule has 1 aromatic rings. The van der Waals surface area contributed by atoms with Gasteiger partial charge >= 0.3 is 0 Å². The molecule has 2 N–H and O–H groups in total. The smallest absolute Gasteiger partial charge is 0.268 e. The van der Waals surface area contributed by atoms with Crippen LogP contribution in [0.1, 0.15) is 41.2 Å².